The Hall–Kier alpha value is -1.36. The van der Waals surface area contributed by atoms with Crippen molar-refractivity contribution in [3.05, 3.63) is 16.0 Å². The summed E-state index contributed by atoms with van der Waals surface area (Å²) in [7, 11) is 1.64. The monoisotopic (exact) mass is 278 g/mol. The molecule has 2 N–H and O–H groups in total. The van der Waals surface area contributed by atoms with E-state index in [9.17, 15) is 9.59 Å². The lowest BCUT2D eigenvalue weighted by atomic mass is 9.95. The average molecular weight is 278 g/mol. The van der Waals surface area contributed by atoms with Crippen LogP contribution in [0.2, 0.25) is 0 Å². The van der Waals surface area contributed by atoms with Crippen molar-refractivity contribution in [3.8, 4) is 0 Å². The molecule has 0 radical (unpaired) electrons. The topological polar surface area (TPSA) is 58.2 Å². The van der Waals surface area contributed by atoms with Crippen LogP contribution in [0.5, 0.6) is 0 Å². The number of rotatable bonds is 3. The third-order valence-corrected chi connectivity index (χ3v) is 5.02. The molecule has 0 aliphatic heterocycles. The molecule has 0 aromatic carbocycles. The van der Waals surface area contributed by atoms with Crippen molar-refractivity contribution in [2.24, 2.45) is 5.92 Å². The van der Waals surface area contributed by atoms with Gasteiger partial charge in [-0.05, 0) is 44.1 Å². The number of hydrogen-bond acceptors (Lipinski definition) is 3. The molecule has 2 aliphatic rings. The molecule has 3 rings (SSSR count). The molecule has 1 heterocycles. The van der Waals surface area contributed by atoms with Gasteiger partial charge >= 0.3 is 0 Å². The lowest BCUT2D eigenvalue weighted by Crippen LogP contribution is -2.22. The van der Waals surface area contributed by atoms with Crippen molar-refractivity contribution >= 4 is 28.2 Å². The number of anilines is 1. The Bertz CT molecular complexity index is 532. The number of fused-ring (bicyclic) bond motifs is 1. The lowest BCUT2D eigenvalue weighted by Gasteiger charge is -2.12. The number of aryl methyl sites for hydroxylation is 1. The van der Waals surface area contributed by atoms with Gasteiger partial charge in [-0.1, -0.05) is 0 Å². The third kappa shape index (κ3) is 2.39. The van der Waals surface area contributed by atoms with Gasteiger partial charge in [-0.25, -0.2) is 0 Å². The normalized spacial score (nSPS) is 17.7. The second-order valence-electron chi connectivity index (χ2n) is 5.26. The number of nitrogens with one attached hydrogen (secondary N) is 2. The zero-order chi connectivity index (χ0) is 13.4. The van der Waals surface area contributed by atoms with Crippen LogP contribution in [-0.4, -0.2) is 18.9 Å². The Balaban J connectivity index is 1.94. The van der Waals surface area contributed by atoms with Gasteiger partial charge in [0.2, 0.25) is 5.91 Å². The molecule has 19 heavy (non-hydrogen) atoms. The smallest absolute Gasteiger partial charge is 0.254 e. The van der Waals surface area contributed by atoms with Crippen molar-refractivity contribution < 1.29 is 9.59 Å². The van der Waals surface area contributed by atoms with Crippen molar-refractivity contribution in [3.63, 3.8) is 0 Å². The van der Waals surface area contributed by atoms with Crippen LogP contribution in [0.25, 0.3) is 0 Å². The summed E-state index contributed by atoms with van der Waals surface area (Å²) < 4.78 is 0. The quantitative estimate of drug-likeness (QED) is 0.891. The Labute approximate surface area is 116 Å². The average Bonchev–Trinajstić information content (AvgIpc) is 3.20. The van der Waals surface area contributed by atoms with Crippen LogP contribution in [0, 0.1) is 5.92 Å². The van der Waals surface area contributed by atoms with Gasteiger partial charge in [-0.2, -0.15) is 0 Å². The highest BCUT2D eigenvalue weighted by Crippen LogP contribution is 2.39. The molecule has 0 spiro atoms. The highest BCUT2D eigenvalue weighted by molar-refractivity contribution is 7.17. The van der Waals surface area contributed by atoms with Crippen molar-refractivity contribution in [1.82, 2.24) is 5.32 Å². The molecular weight excluding hydrogens is 260 g/mol. The van der Waals surface area contributed by atoms with E-state index in [0.717, 1.165) is 42.7 Å². The minimum Gasteiger partial charge on any atom is -0.355 e. The minimum atomic E-state index is -0.0782. The molecule has 4 nitrogen and oxygen atoms in total. The van der Waals surface area contributed by atoms with E-state index in [0.29, 0.717) is 5.56 Å². The fraction of sp³-hybridized carbons (Fsp3) is 0.571. The van der Waals surface area contributed by atoms with Crippen LogP contribution in [-0.2, 0) is 17.6 Å². The molecule has 1 aromatic heterocycles. The lowest BCUT2D eigenvalue weighted by molar-refractivity contribution is -0.117. The molecule has 102 valence electrons. The summed E-state index contributed by atoms with van der Waals surface area (Å²) in [5.41, 5.74) is 1.86. The molecule has 0 unspecified atom stereocenters. The van der Waals surface area contributed by atoms with Gasteiger partial charge in [0.1, 0.15) is 5.00 Å². The van der Waals surface area contributed by atoms with E-state index >= 15 is 0 Å². The van der Waals surface area contributed by atoms with E-state index < -0.39 is 0 Å². The number of carbonyl (C=O) groups excluding carboxylic acids is 2. The standard InChI is InChI=1S/C14H18N2O2S/c1-15-13(18)11-9-4-2-3-5-10(9)19-14(11)16-12(17)8-6-7-8/h8H,2-7H2,1H3,(H,15,18)(H,16,17). The summed E-state index contributed by atoms with van der Waals surface area (Å²) in [6, 6.07) is 0. The third-order valence-electron chi connectivity index (χ3n) is 3.81. The van der Waals surface area contributed by atoms with Crippen molar-refractivity contribution in [2.75, 3.05) is 12.4 Å². The van der Waals surface area contributed by atoms with Crippen LogP contribution in [0.3, 0.4) is 0 Å². The SMILES string of the molecule is CNC(=O)c1c(NC(=O)C2CC2)sc2c1CCCC2. The number of carbonyl (C=O) groups is 2. The number of thiophene rings is 1. The predicted octanol–water partition coefficient (Wildman–Crippen LogP) is 2.33. The maximum Gasteiger partial charge on any atom is 0.254 e. The van der Waals surface area contributed by atoms with Gasteiger partial charge in [-0.3, -0.25) is 9.59 Å². The largest absolute Gasteiger partial charge is 0.355 e. The molecule has 1 aromatic rings. The maximum absolute atomic E-state index is 12.1. The number of amides is 2. The van der Waals surface area contributed by atoms with Gasteiger partial charge < -0.3 is 10.6 Å². The van der Waals surface area contributed by atoms with Gasteiger partial charge in [0, 0.05) is 17.8 Å². The second kappa shape index (κ2) is 4.96. The summed E-state index contributed by atoms with van der Waals surface area (Å²) >= 11 is 1.59. The summed E-state index contributed by atoms with van der Waals surface area (Å²) in [4.78, 5) is 25.3. The Morgan fingerprint density at radius 2 is 1.95 bits per heavy atom. The maximum atomic E-state index is 12.1. The first-order valence-electron chi connectivity index (χ1n) is 6.88. The van der Waals surface area contributed by atoms with Gasteiger partial charge in [-0.15, -0.1) is 11.3 Å². The molecular formula is C14H18N2O2S. The first kappa shape index (κ1) is 12.7. The van der Waals surface area contributed by atoms with Crippen LogP contribution >= 0.6 is 11.3 Å². The summed E-state index contributed by atoms with van der Waals surface area (Å²) in [5.74, 6) is 0.158. The molecule has 2 aliphatic carbocycles. The molecule has 2 amide bonds. The zero-order valence-corrected chi connectivity index (χ0v) is 11.9. The Morgan fingerprint density at radius 3 is 2.63 bits per heavy atom. The molecule has 1 saturated carbocycles. The van der Waals surface area contributed by atoms with Gasteiger partial charge in [0.15, 0.2) is 0 Å². The van der Waals surface area contributed by atoms with Crippen LogP contribution < -0.4 is 10.6 Å². The van der Waals surface area contributed by atoms with Crippen LogP contribution in [0.4, 0.5) is 5.00 Å². The summed E-state index contributed by atoms with van der Waals surface area (Å²) in [6.45, 7) is 0. The second-order valence-corrected chi connectivity index (χ2v) is 6.36. The highest BCUT2D eigenvalue weighted by Gasteiger charge is 2.32. The van der Waals surface area contributed by atoms with Crippen LogP contribution in [0.15, 0.2) is 0 Å². The predicted molar refractivity (Wildman–Crippen MR) is 75.7 cm³/mol. The van der Waals surface area contributed by atoms with E-state index in [1.165, 1.54) is 11.3 Å². The number of hydrogen-bond donors (Lipinski definition) is 2. The molecule has 0 bridgehead atoms. The molecule has 0 saturated heterocycles. The zero-order valence-electron chi connectivity index (χ0n) is 11.0. The Kier molecular flexibility index (Phi) is 3.31. The minimum absolute atomic E-state index is 0.0729. The first-order chi connectivity index (χ1) is 9.20. The van der Waals surface area contributed by atoms with Gasteiger partial charge in [0.05, 0.1) is 5.56 Å². The highest BCUT2D eigenvalue weighted by atomic mass is 32.1. The summed E-state index contributed by atoms with van der Waals surface area (Å²) in [5, 5.41) is 6.41. The molecule has 0 atom stereocenters. The fourth-order valence-corrected chi connectivity index (χ4v) is 3.87. The van der Waals surface area contributed by atoms with E-state index in [-0.39, 0.29) is 17.7 Å². The van der Waals surface area contributed by atoms with Crippen LogP contribution in [0.1, 0.15) is 46.5 Å². The Morgan fingerprint density at radius 1 is 1.21 bits per heavy atom. The van der Waals surface area contributed by atoms with Crippen molar-refractivity contribution in [2.45, 2.75) is 38.5 Å². The van der Waals surface area contributed by atoms with E-state index in [1.54, 1.807) is 18.4 Å². The fourth-order valence-electron chi connectivity index (χ4n) is 2.58. The van der Waals surface area contributed by atoms with E-state index in [2.05, 4.69) is 10.6 Å². The van der Waals surface area contributed by atoms with E-state index in [4.69, 9.17) is 0 Å². The molecule has 5 heteroatoms. The first-order valence-corrected chi connectivity index (χ1v) is 7.70. The van der Waals surface area contributed by atoms with E-state index in [1.807, 2.05) is 0 Å². The van der Waals surface area contributed by atoms with Gasteiger partial charge in [0.25, 0.3) is 5.91 Å². The van der Waals surface area contributed by atoms with Crippen molar-refractivity contribution in [1.29, 1.82) is 0 Å². The molecule has 1 fully saturated rings. The summed E-state index contributed by atoms with van der Waals surface area (Å²) in [6.07, 6.45) is 6.25.